The van der Waals surface area contributed by atoms with Crippen molar-refractivity contribution in [1.82, 2.24) is 0 Å². The molecule has 0 aliphatic rings. The second-order valence-electron chi connectivity index (χ2n) is 4.43. The van der Waals surface area contributed by atoms with Crippen molar-refractivity contribution in [2.24, 2.45) is 0 Å². The first-order chi connectivity index (χ1) is 8.33. The SMILES string of the molecule is C=C(C)C(=O)OCCCCCCCCP(=O)(O)O. The maximum atomic E-state index is 11.0. The standard InChI is InChI=1S/C12H23O5P/c1-11(2)12(13)17-9-7-5-3-4-6-8-10-18(14,15)16/h1,3-10H2,2H3,(H2,14,15,16). The summed E-state index contributed by atoms with van der Waals surface area (Å²) >= 11 is 0. The normalized spacial score (nSPS) is 11.3. The second-order valence-corrected chi connectivity index (χ2v) is 6.20. The first-order valence-corrected chi connectivity index (χ1v) is 8.00. The fraction of sp³-hybridized carbons (Fsp3) is 0.750. The van der Waals surface area contributed by atoms with Crippen molar-refractivity contribution in [2.45, 2.75) is 45.4 Å². The van der Waals surface area contributed by atoms with Gasteiger partial charge in [-0.3, -0.25) is 4.57 Å². The molecule has 0 spiro atoms. The van der Waals surface area contributed by atoms with E-state index in [1.54, 1.807) is 6.92 Å². The summed E-state index contributed by atoms with van der Waals surface area (Å²) in [5.41, 5.74) is 0.410. The number of rotatable bonds is 10. The van der Waals surface area contributed by atoms with Crippen molar-refractivity contribution in [2.75, 3.05) is 12.8 Å². The Morgan fingerprint density at radius 2 is 1.61 bits per heavy atom. The van der Waals surface area contributed by atoms with E-state index in [2.05, 4.69) is 6.58 Å². The highest BCUT2D eigenvalue weighted by molar-refractivity contribution is 7.51. The number of carbonyl (C=O) groups excluding carboxylic acids is 1. The van der Waals surface area contributed by atoms with Crippen LogP contribution in [0.3, 0.4) is 0 Å². The zero-order valence-corrected chi connectivity index (χ0v) is 11.8. The molecule has 0 aromatic carbocycles. The van der Waals surface area contributed by atoms with Crippen LogP contribution in [0, 0.1) is 0 Å². The van der Waals surface area contributed by atoms with E-state index < -0.39 is 7.60 Å². The van der Waals surface area contributed by atoms with Gasteiger partial charge in [-0.1, -0.05) is 32.3 Å². The van der Waals surface area contributed by atoms with Gasteiger partial charge >= 0.3 is 13.6 Å². The quantitative estimate of drug-likeness (QED) is 0.278. The smallest absolute Gasteiger partial charge is 0.333 e. The third kappa shape index (κ3) is 11.8. The number of carbonyl (C=O) groups is 1. The van der Waals surface area contributed by atoms with E-state index in [-0.39, 0.29) is 12.1 Å². The molecule has 0 unspecified atom stereocenters. The van der Waals surface area contributed by atoms with Gasteiger partial charge < -0.3 is 14.5 Å². The van der Waals surface area contributed by atoms with Crippen molar-refractivity contribution in [3.63, 3.8) is 0 Å². The number of hydrogen-bond donors (Lipinski definition) is 2. The molecule has 0 aromatic heterocycles. The summed E-state index contributed by atoms with van der Waals surface area (Å²) in [6.45, 7) is 5.51. The molecule has 0 aliphatic carbocycles. The van der Waals surface area contributed by atoms with Crippen LogP contribution in [0.4, 0.5) is 0 Å². The van der Waals surface area contributed by atoms with Crippen LogP contribution in [0.1, 0.15) is 45.4 Å². The Bertz CT molecular complexity index is 308. The predicted octanol–water partition coefficient (Wildman–Crippen LogP) is 2.62. The average Bonchev–Trinajstić information content (AvgIpc) is 2.24. The number of esters is 1. The van der Waals surface area contributed by atoms with E-state index in [0.717, 1.165) is 32.1 Å². The van der Waals surface area contributed by atoms with Crippen LogP contribution < -0.4 is 0 Å². The Labute approximate surface area is 108 Å². The van der Waals surface area contributed by atoms with Crippen LogP contribution in [-0.2, 0) is 14.1 Å². The molecule has 0 amide bonds. The van der Waals surface area contributed by atoms with Gasteiger partial charge in [0.05, 0.1) is 6.61 Å². The van der Waals surface area contributed by atoms with Crippen molar-refractivity contribution >= 4 is 13.6 Å². The average molecular weight is 278 g/mol. The van der Waals surface area contributed by atoms with Gasteiger partial charge in [-0.2, -0.15) is 0 Å². The first-order valence-electron chi connectivity index (χ1n) is 6.20. The fourth-order valence-electron chi connectivity index (χ4n) is 1.42. The Balaban J connectivity index is 3.24. The first kappa shape index (κ1) is 17.4. The van der Waals surface area contributed by atoms with Gasteiger partial charge in [0.1, 0.15) is 0 Å². The summed E-state index contributed by atoms with van der Waals surface area (Å²) in [5, 5.41) is 0. The van der Waals surface area contributed by atoms with Gasteiger partial charge in [-0.05, 0) is 19.8 Å². The Hall–Kier alpha value is -0.640. The molecule has 0 fully saturated rings. The molecule has 0 bridgehead atoms. The lowest BCUT2D eigenvalue weighted by atomic mass is 10.1. The molecule has 0 saturated carbocycles. The van der Waals surface area contributed by atoms with Gasteiger partial charge in [-0.25, -0.2) is 4.79 Å². The molecular formula is C12H23O5P. The van der Waals surface area contributed by atoms with Gasteiger partial charge in [0, 0.05) is 11.7 Å². The highest BCUT2D eigenvalue weighted by Crippen LogP contribution is 2.35. The number of hydrogen-bond acceptors (Lipinski definition) is 3. The maximum absolute atomic E-state index is 11.0. The summed E-state index contributed by atoms with van der Waals surface area (Å²) in [5.74, 6) is -0.350. The topological polar surface area (TPSA) is 83.8 Å². The molecule has 106 valence electrons. The number of unbranched alkanes of at least 4 members (excludes halogenated alkanes) is 5. The molecule has 0 aromatic rings. The zero-order valence-electron chi connectivity index (χ0n) is 10.9. The van der Waals surface area contributed by atoms with Crippen molar-refractivity contribution in [3.8, 4) is 0 Å². The molecule has 0 atom stereocenters. The molecule has 0 saturated heterocycles. The minimum atomic E-state index is -3.82. The molecule has 0 radical (unpaired) electrons. The molecule has 0 rings (SSSR count). The zero-order chi connectivity index (χ0) is 14.0. The van der Waals surface area contributed by atoms with Gasteiger partial charge in [0.15, 0.2) is 0 Å². The molecule has 0 aliphatic heterocycles. The molecular weight excluding hydrogens is 255 g/mol. The fourth-order valence-corrected chi connectivity index (χ4v) is 2.05. The van der Waals surface area contributed by atoms with Crippen molar-refractivity contribution < 1.29 is 23.9 Å². The summed E-state index contributed by atoms with van der Waals surface area (Å²) in [4.78, 5) is 28.3. The van der Waals surface area contributed by atoms with Crippen LogP contribution in [0.2, 0.25) is 0 Å². The van der Waals surface area contributed by atoms with Gasteiger partial charge in [0.2, 0.25) is 0 Å². The highest BCUT2D eigenvalue weighted by atomic mass is 31.2. The molecule has 5 nitrogen and oxygen atoms in total. The summed E-state index contributed by atoms with van der Waals surface area (Å²) in [6.07, 6.45) is 5.09. The molecule has 6 heteroatoms. The third-order valence-electron chi connectivity index (χ3n) is 2.43. The van der Waals surface area contributed by atoms with Crippen LogP contribution in [0.25, 0.3) is 0 Å². The second kappa shape index (κ2) is 9.31. The summed E-state index contributed by atoms with van der Waals surface area (Å²) in [6, 6.07) is 0. The molecule has 18 heavy (non-hydrogen) atoms. The van der Waals surface area contributed by atoms with Gasteiger partial charge in [-0.15, -0.1) is 0 Å². The molecule has 0 heterocycles. The Kier molecular flexibility index (Phi) is 8.98. The minimum absolute atomic E-state index is 0.0246. The largest absolute Gasteiger partial charge is 0.462 e. The lowest BCUT2D eigenvalue weighted by molar-refractivity contribution is -0.139. The Morgan fingerprint density at radius 3 is 2.11 bits per heavy atom. The summed E-state index contributed by atoms with van der Waals surface area (Å²) in [7, 11) is -3.82. The van der Waals surface area contributed by atoms with Crippen LogP contribution in [-0.4, -0.2) is 28.5 Å². The maximum Gasteiger partial charge on any atom is 0.333 e. The summed E-state index contributed by atoms with van der Waals surface area (Å²) < 4.78 is 15.5. The predicted molar refractivity (Wildman–Crippen MR) is 70.4 cm³/mol. The van der Waals surface area contributed by atoms with Crippen LogP contribution in [0.15, 0.2) is 12.2 Å². The van der Waals surface area contributed by atoms with E-state index in [1.165, 1.54) is 0 Å². The third-order valence-corrected chi connectivity index (χ3v) is 3.32. The van der Waals surface area contributed by atoms with E-state index >= 15 is 0 Å². The van der Waals surface area contributed by atoms with E-state index in [0.29, 0.717) is 18.6 Å². The van der Waals surface area contributed by atoms with E-state index in [4.69, 9.17) is 14.5 Å². The highest BCUT2D eigenvalue weighted by Gasteiger charge is 2.10. The lowest BCUT2D eigenvalue weighted by Crippen LogP contribution is -2.05. The van der Waals surface area contributed by atoms with Crippen LogP contribution in [0.5, 0.6) is 0 Å². The Morgan fingerprint density at radius 1 is 1.11 bits per heavy atom. The van der Waals surface area contributed by atoms with Crippen LogP contribution >= 0.6 is 7.60 Å². The lowest BCUT2D eigenvalue weighted by Gasteiger charge is -2.05. The van der Waals surface area contributed by atoms with E-state index in [1.807, 2.05) is 0 Å². The van der Waals surface area contributed by atoms with Crippen molar-refractivity contribution in [3.05, 3.63) is 12.2 Å². The number of ether oxygens (including phenoxy) is 1. The minimum Gasteiger partial charge on any atom is -0.462 e. The van der Waals surface area contributed by atoms with E-state index in [9.17, 15) is 9.36 Å². The van der Waals surface area contributed by atoms with Gasteiger partial charge in [0.25, 0.3) is 0 Å². The molecule has 2 N–H and O–H groups in total. The van der Waals surface area contributed by atoms with Crippen molar-refractivity contribution in [1.29, 1.82) is 0 Å². The monoisotopic (exact) mass is 278 g/mol.